The molecule has 24 heavy (non-hydrogen) atoms. The zero-order chi connectivity index (χ0) is 17.0. The molecule has 4 nitrogen and oxygen atoms in total. The molecule has 1 unspecified atom stereocenters. The van der Waals surface area contributed by atoms with Gasteiger partial charge in [-0.2, -0.15) is 0 Å². The Kier molecular flexibility index (Phi) is 5.00. The van der Waals surface area contributed by atoms with E-state index in [9.17, 15) is 9.59 Å². The zero-order valence-corrected chi connectivity index (χ0v) is 14.8. The molecular weight excluding hydrogens is 368 g/mol. The Morgan fingerprint density at radius 1 is 0.833 bits per heavy atom. The standard InChI is InChI=1S/C19H19BrN2O2/c20-16-8-6-15(7-9-16)11-13-19(17(23)21-18(24)22-19)12-10-14-4-2-1-3-5-14/h1-9H,10-13H2,(H2,21,22,23,24). The van der Waals surface area contributed by atoms with Crippen molar-refractivity contribution in [2.75, 3.05) is 0 Å². The summed E-state index contributed by atoms with van der Waals surface area (Å²) in [5.41, 5.74) is 1.47. The van der Waals surface area contributed by atoms with E-state index in [1.54, 1.807) is 0 Å². The molecule has 3 rings (SSSR count). The maximum absolute atomic E-state index is 12.4. The topological polar surface area (TPSA) is 58.2 Å². The van der Waals surface area contributed by atoms with Crippen LogP contribution in [0.15, 0.2) is 59.1 Å². The molecule has 3 amide bonds. The van der Waals surface area contributed by atoms with Gasteiger partial charge in [0.05, 0.1) is 0 Å². The van der Waals surface area contributed by atoms with E-state index >= 15 is 0 Å². The number of carbonyl (C=O) groups is 2. The second-order valence-corrected chi connectivity index (χ2v) is 7.02. The minimum Gasteiger partial charge on any atom is -0.323 e. The third-order valence-electron chi connectivity index (χ3n) is 4.45. The molecule has 2 aromatic carbocycles. The third-order valence-corrected chi connectivity index (χ3v) is 4.98. The molecule has 5 heteroatoms. The molecule has 2 aromatic rings. The highest BCUT2D eigenvalue weighted by atomic mass is 79.9. The highest BCUT2D eigenvalue weighted by Crippen LogP contribution is 2.25. The lowest BCUT2D eigenvalue weighted by atomic mass is 9.85. The summed E-state index contributed by atoms with van der Waals surface area (Å²) in [5, 5.41) is 5.25. The Labute approximate surface area is 149 Å². The van der Waals surface area contributed by atoms with Gasteiger partial charge in [-0.05, 0) is 48.9 Å². The number of rotatable bonds is 6. The first-order valence-electron chi connectivity index (χ1n) is 7.99. The van der Waals surface area contributed by atoms with Gasteiger partial charge >= 0.3 is 6.03 Å². The zero-order valence-electron chi connectivity index (χ0n) is 13.2. The summed E-state index contributed by atoms with van der Waals surface area (Å²) in [6, 6.07) is 17.6. The number of aryl methyl sites for hydroxylation is 2. The van der Waals surface area contributed by atoms with Crippen molar-refractivity contribution >= 4 is 27.9 Å². The van der Waals surface area contributed by atoms with Crippen LogP contribution < -0.4 is 10.6 Å². The molecule has 0 spiro atoms. The van der Waals surface area contributed by atoms with Crippen molar-refractivity contribution in [1.29, 1.82) is 0 Å². The van der Waals surface area contributed by atoms with E-state index < -0.39 is 11.6 Å². The molecule has 1 saturated heterocycles. The van der Waals surface area contributed by atoms with Crippen LogP contribution in [0.1, 0.15) is 24.0 Å². The average Bonchev–Trinajstić information content (AvgIpc) is 2.87. The number of halogens is 1. The molecule has 0 bridgehead atoms. The van der Waals surface area contributed by atoms with Crippen LogP contribution in [0.3, 0.4) is 0 Å². The fraction of sp³-hybridized carbons (Fsp3) is 0.263. The summed E-state index contributed by atoms with van der Waals surface area (Å²) in [4.78, 5) is 24.1. The third kappa shape index (κ3) is 3.85. The van der Waals surface area contributed by atoms with Gasteiger partial charge in [-0.1, -0.05) is 58.4 Å². The van der Waals surface area contributed by atoms with E-state index in [0.717, 1.165) is 28.4 Å². The van der Waals surface area contributed by atoms with E-state index in [0.29, 0.717) is 12.8 Å². The highest BCUT2D eigenvalue weighted by molar-refractivity contribution is 9.10. The van der Waals surface area contributed by atoms with Crippen molar-refractivity contribution in [1.82, 2.24) is 10.6 Å². The summed E-state index contributed by atoms with van der Waals surface area (Å²) >= 11 is 3.42. The predicted octanol–water partition coefficient (Wildman–Crippen LogP) is 3.59. The first-order valence-corrected chi connectivity index (χ1v) is 8.79. The van der Waals surface area contributed by atoms with Crippen LogP contribution in [-0.2, 0) is 17.6 Å². The molecule has 0 aliphatic carbocycles. The van der Waals surface area contributed by atoms with Gasteiger partial charge in [-0.25, -0.2) is 4.79 Å². The van der Waals surface area contributed by atoms with Crippen molar-refractivity contribution in [2.45, 2.75) is 31.2 Å². The lowest BCUT2D eigenvalue weighted by Crippen LogP contribution is -2.47. The molecule has 0 aromatic heterocycles. The summed E-state index contributed by atoms with van der Waals surface area (Å²) in [6.45, 7) is 0. The normalized spacial score (nSPS) is 19.9. The van der Waals surface area contributed by atoms with Crippen LogP contribution in [-0.4, -0.2) is 17.5 Å². The quantitative estimate of drug-likeness (QED) is 0.745. The second-order valence-electron chi connectivity index (χ2n) is 6.10. The monoisotopic (exact) mass is 386 g/mol. The largest absolute Gasteiger partial charge is 0.323 e. The maximum atomic E-state index is 12.4. The van der Waals surface area contributed by atoms with Gasteiger partial charge in [0, 0.05) is 4.47 Å². The minimum absolute atomic E-state index is 0.222. The van der Waals surface area contributed by atoms with Gasteiger partial charge in [0.25, 0.3) is 5.91 Å². The Morgan fingerprint density at radius 3 is 1.96 bits per heavy atom. The molecule has 1 aliphatic heterocycles. The Balaban J connectivity index is 1.72. The van der Waals surface area contributed by atoms with Gasteiger partial charge in [0.1, 0.15) is 5.54 Å². The van der Waals surface area contributed by atoms with Crippen molar-refractivity contribution in [2.24, 2.45) is 0 Å². The fourth-order valence-electron chi connectivity index (χ4n) is 3.02. The Hall–Kier alpha value is -2.14. The van der Waals surface area contributed by atoms with Crippen LogP contribution in [0.5, 0.6) is 0 Å². The molecule has 0 saturated carbocycles. The predicted molar refractivity (Wildman–Crippen MR) is 96.6 cm³/mol. The summed E-state index contributed by atoms with van der Waals surface area (Å²) in [7, 11) is 0. The summed E-state index contributed by atoms with van der Waals surface area (Å²) in [6.07, 6.45) is 2.65. The number of hydrogen-bond donors (Lipinski definition) is 2. The maximum Gasteiger partial charge on any atom is 0.322 e. The van der Waals surface area contributed by atoms with Crippen LogP contribution in [0.2, 0.25) is 0 Å². The average molecular weight is 387 g/mol. The first kappa shape index (κ1) is 16.7. The molecule has 1 atom stereocenters. The number of benzene rings is 2. The highest BCUT2D eigenvalue weighted by Gasteiger charge is 2.45. The van der Waals surface area contributed by atoms with Crippen LogP contribution >= 0.6 is 15.9 Å². The molecule has 2 N–H and O–H groups in total. The first-order chi connectivity index (χ1) is 11.6. The van der Waals surface area contributed by atoms with Gasteiger partial charge in [0.15, 0.2) is 0 Å². The summed E-state index contributed by atoms with van der Waals surface area (Å²) in [5.74, 6) is -0.222. The van der Waals surface area contributed by atoms with Crippen molar-refractivity contribution in [3.05, 3.63) is 70.2 Å². The summed E-state index contributed by atoms with van der Waals surface area (Å²) < 4.78 is 1.02. The van der Waals surface area contributed by atoms with Gasteiger partial charge < -0.3 is 5.32 Å². The van der Waals surface area contributed by atoms with Gasteiger partial charge in [-0.3, -0.25) is 10.1 Å². The Morgan fingerprint density at radius 2 is 1.42 bits per heavy atom. The molecule has 1 heterocycles. The van der Waals surface area contributed by atoms with Gasteiger partial charge in [0.2, 0.25) is 0 Å². The number of imide groups is 1. The lowest BCUT2D eigenvalue weighted by Gasteiger charge is -2.26. The number of urea groups is 1. The van der Waals surface area contributed by atoms with Crippen molar-refractivity contribution in [3.8, 4) is 0 Å². The number of carbonyl (C=O) groups excluding carboxylic acids is 2. The number of hydrogen-bond acceptors (Lipinski definition) is 2. The fourth-order valence-corrected chi connectivity index (χ4v) is 3.28. The van der Waals surface area contributed by atoms with Crippen LogP contribution in [0, 0.1) is 0 Å². The van der Waals surface area contributed by atoms with Gasteiger partial charge in [-0.15, -0.1) is 0 Å². The van der Waals surface area contributed by atoms with E-state index in [1.807, 2.05) is 54.6 Å². The number of nitrogens with one attached hydrogen (secondary N) is 2. The van der Waals surface area contributed by atoms with Crippen molar-refractivity contribution in [3.63, 3.8) is 0 Å². The van der Waals surface area contributed by atoms with Crippen LogP contribution in [0.4, 0.5) is 4.79 Å². The number of amides is 3. The molecule has 1 aliphatic rings. The van der Waals surface area contributed by atoms with E-state index in [1.165, 1.54) is 0 Å². The smallest absolute Gasteiger partial charge is 0.322 e. The molecule has 124 valence electrons. The minimum atomic E-state index is -0.833. The van der Waals surface area contributed by atoms with E-state index in [4.69, 9.17) is 0 Å². The molecule has 0 radical (unpaired) electrons. The second kappa shape index (κ2) is 7.18. The lowest BCUT2D eigenvalue weighted by molar-refractivity contribution is -0.124. The molecular formula is C19H19BrN2O2. The Bertz CT molecular complexity index is 731. The van der Waals surface area contributed by atoms with Crippen LogP contribution in [0.25, 0.3) is 0 Å². The molecule has 1 fully saturated rings. The van der Waals surface area contributed by atoms with E-state index in [2.05, 4.69) is 26.6 Å². The van der Waals surface area contributed by atoms with Crippen molar-refractivity contribution < 1.29 is 9.59 Å². The van der Waals surface area contributed by atoms with E-state index in [-0.39, 0.29) is 5.91 Å². The SMILES string of the molecule is O=C1NC(=O)C(CCc2ccccc2)(CCc2ccc(Br)cc2)N1.